The van der Waals surface area contributed by atoms with Gasteiger partial charge in [-0.3, -0.25) is 14.4 Å². The van der Waals surface area contributed by atoms with Crippen LogP contribution in [0.2, 0.25) is 0 Å². The van der Waals surface area contributed by atoms with Gasteiger partial charge in [-0.15, -0.1) is 0 Å². The molecule has 0 aliphatic carbocycles. The Bertz CT molecular complexity index is 983. The van der Waals surface area contributed by atoms with E-state index in [1.807, 2.05) is 26.0 Å². The highest BCUT2D eigenvalue weighted by molar-refractivity contribution is 6.34. The number of ether oxygens (including phenoxy) is 1. The van der Waals surface area contributed by atoms with Crippen LogP contribution in [0.3, 0.4) is 0 Å². The summed E-state index contributed by atoms with van der Waals surface area (Å²) in [5, 5.41) is 2.65. The second-order valence-electron chi connectivity index (χ2n) is 6.77. The first-order valence-electron chi connectivity index (χ1n) is 9.46. The number of rotatable bonds is 7. The fourth-order valence-corrected chi connectivity index (χ4v) is 3.07. The molecule has 0 saturated carbocycles. The second kappa shape index (κ2) is 8.68. The number of carbonyl (C=O) groups is 4. The Morgan fingerprint density at radius 1 is 1.03 bits per heavy atom. The summed E-state index contributed by atoms with van der Waals surface area (Å²) in [5.41, 5.74) is 1.77. The normalized spacial score (nSPS) is 12.7. The van der Waals surface area contributed by atoms with Crippen molar-refractivity contribution in [3.63, 3.8) is 0 Å². The molecule has 1 aliphatic rings. The maximum Gasteiger partial charge on any atom is 0.338 e. The predicted octanol–water partition coefficient (Wildman–Crippen LogP) is 2.87. The number of hydrogen-bond donors (Lipinski definition) is 1. The van der Waals surface area contributed by atoms with Gasteiger partial charge in [-0.25, -0.2) is 9.69 Å². The van der Waals surface area contributed by atoms with E-state index in [-0.39, 0.29) is 22.6 Å². The molecule has 7 nitrogen and oxygen atoms in total. The lowest BCUT2D eigenvalue weighted by Gasteiger charge is -2.16. The number of unbranched alkanes of at least 4 members (excludes halogenated alkanes) is 1. The summed E-state index contributed by atoms with van der Waals surface area (Å²) in [6.07, 6.45) is 1.79. The molecule has 3 rings (SSSR count). The van der Waals surface area contributed by atoms with E-state index in [2.05, 4.69) is 5.32 Å². The summed E-state index contributed by atoms with van der Waals surface area (Å²) in [6, 6.07) is 11.3. The first-order chi connectivity index (χ1) is 13.9. The lowest BCUT2D eigenvalue weighted by molar-refractivity contribution is -0.124. The van der Waals surface area contributed by atoms with Gasteiger partial charge in [0, 0.05) is 6.54 Å². The lowest BCUT2D eigenvalue weighted by atomic mass is 10.1. The standard InChI is InChI=1S/C22H22N2O5/c1-3-4-11-23-19(25)13-29-22(28)15-9-10-16-17(12-15)21(27)24(20(16)26)18-8-6-5-7-14(18)2/h5-10,12H,3-4,11,13H2,1-2H3,(H,23,25). The third-order valence-corrected chi connectivity index (χ3v) is 4.67. The number of para-hydroxylation sites is 1. The van der Waals surface area contributed by atoms with Crippen LogP contribution in [0.1, 0.15) is 56.4 Å². The van der Waals surface area contributed by atoms with Crippen LogP contribution in [0.4, 0.5) is 5.69 Å². The minimum absolute atomic E-state index is 0.109. The van der Waals surface area contributed by atoms with Crippen molar-refractivity contribution < 1.29 is 23.9 Å². The molecule has 150 valence electrons. The summed E-state index contributed by atoms with van der Waals surface area (Å²) < 4.78 is 5.01. The van der Waals surface area contributed by atoms with Crippen molar-refractivity contribution in [2.75, 3.05) is 18.1 Å². The number of aryl methyl sites for hydroxylation is 1. The molecular formula is C22H22N2O5. The quantitative estimate of drug-likeness (QED) is 0.443. The molecule has 3 amide bonds. The second-order valence-corrected chi connectivity index (χ2v) is 6.77. The Hall–Kier alpha value is -3.48. The van der Waals surface area contributed by atoms with Crippen molar-refractivity contribution in [1.82, 2.24) is 5.32 Å². The third kappa shape index (κ3) is 4.18. The predicted molar refractivity (Wildman–Crippen MR) is 107 cm³/mol. The molecule has 2 aromatic carbocycles. The average Bonchev–Trinajstić information content (AvgIpc) is 2.97. The summed E-state index contributed by atoms with van der Waals surface area (Å²) in [4.78, 5) is 50.6. The lowest BCUT2D eigenvalue weighted by Crippen LogP contribution is -2.30. The number of fused-ring (bicyclic) bond motifs is 1. The van der Waals surface area contributed by atoms with Crippen molar-refractivity contribution in [1.29, 1.82) is 0 Å². The van der Waals surface area contributed by atoms with Crippen LogP contribution >= 0.6 is 0 Å². The first kappa shape index (κ1) is 20.3. The van der Waals surface area contributed by atoms with Crippen molar-refractivity contribution in [2.45, 2.75) is 26.7 Å². The molecule has 1 aliphatic heterocycles. The van der Waals surface area contributed by atoms with E-state index in [0.717, 1.165) is 23.3 Å². The molecule has 7 heteroatoms. The number of imide groups is 1. The molecule has 0 atom stereocenters. The monoisotopic (exact) mass is 394 g/mol. The summed E-state index contributed by atoms with van der Waals surface area (Å²) in [6.45, 7) is 3.94. The topological polar surface area (TPSA) is 92.8 Å². The average molecular weight is 394 g/mol. The molecule has 0 aromatic heterocycles. The molecule has 0 fully saturated rings. The highest BCUT2D eigenvalue weighted by atomic mass is 16.5. The molecule has 29 heavy (non-hydrogen) atoms. The van der Waals surface area contributed by atoms with Crippen LogP contribution < -0.4 is 10.2 Å². The third-order valence-electron chi connectivity index (χ3n) is 4.67. The van der Waals surface area contributed by atoms with E-state index in [1.54, 1.807) is 12.1 Å². The molecule has 0 saturated heterocycles. The zero-order chi connectivity index (χ0) is 21.0. The summed E-state index contributed by atoms with van der Waals surface area (Å²) in [5.74, 6) is -2.04. The van der Waals surface area contributed by atoms with Gasteiger partial charge in [0.15, 0.2) is 6.61 Å². The van der Waals surface area contributed by atoms with Crippen LogP contribution in [-0.2, 0) is 9.53 Å². The Morgan fingerprint density at radius 3 is 2.48 bits per heavy atom. The Morgan fingerprint density at radius 2 is 1.76 bits per heavy atom. The number of anilines is 1. The van der Waals surface area contributed by atoms with Gasteiger partial charge in [0.05, 0.1) is 22.4 Å². The molecule has 1 heterocycles. The van der Waals surface area contributed by atoms with Crippen LogP contribution in [-0.4, -0.2) is 36.8 Å². The number of esters is 1. The van der Waals surface area contributed by atoms with Gasteiger partial charge < -0.3 is 10.1 Å². The van der Waals surface area contributed by atoms with Crippen LogP contribution in [0, 0.1) is 6.92 Å². The van der Waals surface area contributed by atoms with Crippen LogP contribution in [0.25, 0.3) is 0 Å². The smallest absolute Gasteiger partial charge is 0.338 e. The van der Waals surface area contributed by atoms with E-state index in [0.29, 0.717) is 12.2 Å². The van der Waals surface area contributed by atoms with E-state index in [9.17, 15) is 19.2 Å². The largest absolute Gasteiger partial charge is 0.452 e. The minimum Gasteiger partial charge on any atom is -0.452 e. The summed E-state index contributed by atoms with van der Waals surface area (Å²) in [7, 11) is 0. The SMILES string of the molecule is CCCCNC(=O)COC(=O)c1ccc2c(c1)C(=O)N(c1ccccc1C)C2=O. The van der Waals surface area contributed by atoms with E-state index in [1.165, 1.54) is 18.2 Å². The van der Waals surface area contributed by atoms with Gasteiger partial charge in [0.25, 0.3) is 17.7 Å². The van der Waals surface area contributed by atoms with Gasteiger partial charge in [-0.1, -0.05) is 31.5 Å². The Balaban J connectivity index is 1.73. The van der Waals surface area contributed by atoms with Gasteiger partial charge >= 0.3 is 5.97 Å². The maximum atomic E-state index is 12.8. The molecule has 0 radical (unpaired) electrons. The summed E-state index contributed by atoms with van der Waals surface area (Å²) >= 11 is 0. The molecule has 0 spiro atoms. The van der Waals surface area contributed by atoms with Crippen molar-refractivity contribution in [3.05, 3.63) is 64.7 Å². The zero-order valence-corrected chi connectivity index (χ0v) is 16.4. The van der Waals surface area contributed by atoms with Gasteiger partial charge in [-0.05, 0) is 43.2 Å². The number of nitrogens with one attached hydrogen (secondary N) is 1. The molecule has 0 bridgehead atoms. The molecular weight excluding hydrogens is 372 g/mol. The van der Waals surface area contributed by atoms with E-state index >= 15 is 0 Å². The molecule has 0 unspecified atom stereocenters. The van der Waals surface area contributed by atoms with E-state index in [4.69, 9.17) is 4.74 Å². The highest BCUT2D eigenvalue weighted by Gasteiger charge is 2.37. The van der Waals surface area contributed by atoms with E-state index < -0.39 is 24.4 Å². The van der Waals surface area contributed by atoms with Crippen molar-refractivity contribution >= 4 is 29.4 Å². The van der Waals surface area contributed by atoms with Crippen molar-refractivity contribution in [2.24, 2.45) is 0 Å². The van der Waals surface area contributed by atoms with Crippen LogP contribution in [0.5, 0.6) is 0 Å². The van der Waals surface area contributed by atoms with Gasteiger partial charge in [0.1, 0.15) is 0 Å². The molecule has 2 aromatic rings. The Labute approximate surface area is 168 Å². The number of nitrogens with zero attached hydrogens (tertiary/aromatic N) is 1. The maximum absolute atomic E-state index is 12.8. The minimum atomic E-state index is -0.729. The van der Waals surface area contributed by atoms with Gasteiger partial charge in [0.2, 0.25) is 0 Å². The fraction of sp³-hybridized carbons (Fsp3) is 0.273. The number of hydrogen-bond acceptors (Lipinski definition) is 5. The van der Waals surface area contributed by atoms with Gasteiger partial charge in [-0.2, -0.15) is 0 Å². The first-order valence-corrected chi connectivity index (χ1v) is 9.46. The molecule has 1 N–H and O–H groups in total. The Kier molecular flexibility index (Phi) is 6.07. The number of carbonyl (C=O) groups excluding carboxylic acids is 4. The highest BCUT2D eigenvalue weighted by Crippen LogP contribution is 2.31. The number of amides is 3. The number of benzene rings is 2. The fourth-order valence-electron chi connectivity index (χ4n) is 3.07. The van der Waals surface area contributed by atoms with Crippen molar-refractivity contribution in [3.8, 4) is 0 Å². The zero-order valence-electron chi connectivity index (χ0n) is 16.4. The van der Waals surface area contributed by atoms with Crippen LogP contribution in [0.15, 0.2) is 42.5 Å².